The van der Waals surface area contributed by atoms with Gasteiger partial charge >= 0.3 is 6.11 Å². The first-order valence-corrected chi connectivity index (χ1v) is 43.7. The summed E-state index contributed by atoms with van der Waals surface area (Å²) in [6.45, 7) is 14.7. The smallest absolute Gasteiger partial charge is 0.394 e. The maximum atomic E-state index is 14.5. The number of amides is 4. The van der Waals surface area contributed by atoms with E-state index in [2.05, 4.69) is 89.2 Å². The molecule has 1 aliphatic heterocycles. The number of rotatable bonds is 18. The molecule has 0 radical (unpaired) electrons. The van der Waals surface area contributed by atoms with Crippen molar-refractivity contribution in [3.8, 4) is 73.0 Å². The Morgan fingerprint density at radius 3 is 1.15 bits per heavy atom. The number of hydrogen-bond acceptors (Lipinski definition) is 14. The van der Waals surface area contributed by atoms with E-state index < -0.39 is 47.2 Å². The molecule has 0 atom stereocenters. The fourth-order valence-corrected chi connectivity index (χ4v) is 16.6. The van der Waals surface area contributed by atoms with Crippen molar-refractivity contribution >= 4 is 68.4 Å². The molecule has 28 heteroatoms. The minimum absolute atomic E-state index is 0.00407. The van der Waals surface area contributed by atoms with E-state index in [1.807, 2.05) is 125 Å². The number of carbonyl (C=O) groups excluding carboxylic acids is 4. The van der Waals surface area contributed by atoms with Gasteiger partial charge in [-0.2, -0.15) is 8.78 Å². The van der Waals surface area contributed by atoms with Gasteiger partial charge in [0.1, 0.15) is 29.0 Å². The largest absolute Gasteiger partial charge is 0.433 e. The number of aromatic nitrogens is 12. The fraction of sp³-hybridized carbons (Fsp3) is 0.178. The number of nitrogens with zero attached hydrogens (tertiary/aromatic N) is 12. The van der Waals surface area contributed by atoms with Gasteiger partial charge in [0.15, 0.2) is 23.3 Å². The van der Waals surface area contributed by atoms with Crippen LogP contribution < -0.4 is 26.0 Å². The second-order valence-corrected chi connectivity index (χ2v) is 33.1. The number of pyridine rings is 8. The standard InChI is InChI=1S/C28H20F4N4O2.C27H20F2N4O.C26H26N4O2.C26H26N4O/c1-16-22(27(37)35-18-6-3-7-19(13-18)38-28(2,31)32)12-17(14-33-16)20-9-5-11-36-24(20)15-34-26(36)21-8-4-10-23(29)25(21)30;1-16-6-3-7-19(12-16)32-27(34)22-13-18(14-30-17(22)2)20-9-5-11-33-24(20)15-31-26(33)21-8-4-10-23(28)25(21)29;1-17-5-7-21(8-6-17)29-26(31)23-14-20(15-27-18(23)2)22-4-3-11-30-24(22)16-28-25(30)19-9-12-32-13-10-19;1-17-9-11-21(12-10-17)29-26(31)23-14-20(15-27-18(23)2)22-8-5-13-30-24(22)16-28-25(30)19-6-3-4-7-19/h3-15H,1-2H3,(H,35,37);3-15H,1-2H3,(H,32,34);3-8,11,14-16,19H,9-10,12-13H2,1-2H3,(H,29,31);5,8-16,19H,3-4,6-7H2,1-2H3,(H,29,31)/i;3D,6D,7D,12D;;. The average Bonchev–Trinajstić information content (AvgIpc) is 1.65. The van der Waals surface area contributed by atoms with Gasteiger partial charge < -0.3 is 39.5 Å². The van der Waals surface area contributed by atoms with Crippen molar-refractivity contribution in [2.45, 2.75) is 112 Å². The Kier molecular flexibility index (Phi) is 25.1. The summed E-state index contributed by atoms with van der Waals surface area (Å²) in [4.78, 5) is 88.2. The quantitative estimate of drug-likeness (QED) is 0.0583. The molecule has 12 aromatic heterocycles. The van der Waals surface area contributed by atoms with Gasteiger partial charge in [0.2, 0.25) is 0 Å². The molecule has 1 saturated carbocycles. The molecule has 1 saturated heterocycles. The summed E-state index contributed by atoms with van der Waals surface area (Å²) >= 11 is 0. The highest BCUT2D eigenvalue weighted by Gasteiger charge is 2.29. The highest BCUT2D eigenvalue weighted by Crippen LogP contribution is 2.40. The SMILES string of the molecule is Cc1ccc(NC(=O)c2cc(-c3cccn4c(C5CCCC5)ncc34)cnc2C)cc1.Cc1ccc(NC(=O)c2cc(-c3cccn4c(C5CCOCC5)ncc34)cnc2C)cc1.Cc1ncc(-c2cccn3c(-c4cccc(F)c4F)ncc23)cc1C(=O)Nc1cccc(OC(C)(F)F)c1.[2H]c1c([2H])c(C)c([2H])c(NC(=O)c2cc(-c3cccn4c(-c5cccc(F)c5F)ncc34)cnc2C)c1[2H]. The molecule has 2 fully saturated rings. The van der Waals surface area contributed by atoms with Crippen LogP contribution in [-0.4, -0.2) is 100 Å². The third-order valence-electron chi connectivity index (χ3n) is 23.6. The van der Waals surface area contributed by atoms with Crippen molar-refractivity contribution in [1.29, 1.82) is 0 Å². The topological polar surface area (TPSA) is 256 Å². The normalized spacial score (nSPS) is 13.2. The van der Waals surface area contributed by atoms with Crippen molar-refractivity contribution in [2.75, 3.05) is 34.5 Å². The number of hydrogen-bond donors (Lipinski definition) is 4. The van der Waals surface area contributed by atoms with Crippen molar-refractivity contribution in [2.24, 2.45) is 0 Å². The van der Waals surface area contributed by atoms with Gasteiger partial charge in [-0.1, -0.05) is 103 Å². The fourth-order valence-electron chi connectivity index (χ4n) is 16.6. The number of fused-ring (bicyclic) bond motifs is 4. The van der Waals surface area contributed by atoms with Crippen molar-refractivity contribution in [1.82, 2.24) is 57.5 Å². The molecule has 4 N–H and O–H groups in total. The van der Waals surface area contributed by atoms with Gasteiger partial charge in [-0.3, -0.25) is 47.9 Å². The van der Waals surface area contributed by atoms with Crippen LogP contribution in [0, 0.1) is 71.7 Å². The first kappa shape index (κ1) is 85.7. The first-order valence-electron chi connectivity index (χ1n) is 45.7. The van der Waals surface area contributed by atoms with Crippen LogP contribution in [0.3, 0.4) is 0 Å². The molecule has 6 aromatic carbocycles. The van der Waals surface area contributed by atoms with Crippen LogP contribution in [0.25, 0.3) is 89.4 Å². The van der Waals surface area contributed by atoms with Crippen LogP contribution in [-0.2, 0) is 4.74 Å². The molecule has 1 aliphatic carbocycles. The summed E-state index contributed by atoms with van der Waals surface area (Å²) < 4.78 is 133. The number of ether oxygens (including phenoxy) is 2. The molecular weight excluding hydrogens is 1720 g/mol. The lowest BCUT2D eigenvalue weighted by molar-refractivity contribution is -0.158. The zero-order valence-corrected chi connectivity index (χ0v) is 74.6. The van der Waals surface area contributed by atoms with E-state index >= 15 is 0 Å². The van der Waals surface area contributed by atoms with Crippen LogP contribution in [0.1, 0.15) is 155 Å². The van der Waals surface area contributed by atoms with Crippen LogP contribution >= 0.6 is 0 Å². The zero-order chi connectivity index (χ0) is 97.8. The molecule has 0 unspecified atom stereocenters. The third kappa shape index (κ3) is 20.2. The summed E-state index contributed by atoms with van der Waals surface area (Å²) in [6.07, 6.45) is 24.8. The van der Waals surface area contributed by atoms with Gasteiger partial charge in [0.25, 0.3) is 23.6 Å². The number of nitrogens with one attached hydrogen (secondary N) is 4. The van der Waals surface area contributed by atoms with E-state index in [4.69, 9.17) is 20.2 Å². The molecule has 18 aromatic rings. The van der Waals surface area contributed by atoms with Gasteiger partial charge in [-0.15, -0.1) is 0 Å². The highest BCUT2D eigenvalue weighted by molar-refractivity contribution is 6.09. The molecule has 22 nitrogen and oxygen atoms in total. The maximum absolute atomic E-state index is 14.5. The molecule has 678 valence electrons. The van der Waals surface area contributed by atoms with Crippen LogP contribution in [0.15, 0.2) is 281 Å². The molecule has 4 amide bonds. The number of benzene rings is 6. The second kappa shape index (κ2) is 39.5. The lowest BCUT2D eigenvalue weighted by Gasteiger charge is -2.21. The van der Waals surface area contributed by atoms with Crippen LogP contribution in [0.5, 0.6) is 5.75 Å². The van der Waals surface area contributed by atoms with Gasteiger partial charge in [0, 0.05) is 155 Å². The Morgan fingerprint density at radius 1 is 0.385 bits per heavy atom. The first-order chi connectivity index (χ1) is 66.9. The van der Waals surface area contributed by atoms with Crippen molar-refractivity contribution in [3.63, 3.8) is 0 Å². The number of halogens is 6. The number of carbonyl (C=O) groups is 4. The van der Waals surface area contributed by atoms with E-state index in [9.17, 15) is 45.5 Å². The van der Waals surface area contributed by atoms with Gasteiger partial charge in [-0.25, -0.2) is 37.5 Å². The van der Waals surface area contributed by atoms with Crippen LogP contribution in [0.2, 0.25) is 0 Å². The van der Waals surface area contributed by atoms with Gasteiger partial charge in [-0.05, 0) is 201 Å². The molecule has 135 heavy (non-hydrogen) atoms. The van der Waals surface area contributed by atoms with E-state index in [0.29, 0.717) is 85.9 Å². The molecule has 0 bridgehead atoms. The van der Waals surface area contributed by atoms with Crippen LogP contribution in [0.4, 0.5) is 49.1 Å². The zero-order valence-electron chi connectivity index (χ0n) is 78.6. The maximum Gasteiger partial charge on any atom is 0.394 e. The molecule has 2 aliphatic rings. The molecular formula is C107H92F6N16O6. The summed E-state index contributed by atoms with van der Waals surface area (Å²) in [5.41, 5.74) is 17.5. The number of alkyl halides is 2. The number of imidazole rings is 4. The number of anilines is 4. The van der Waals surface area contributed by atoms with Crippen molar-refractivity contribution in [3.05, 3.63) is 377 Å². The Balaban J connectivity index is 0.000000128. The Hall–Kier alpha value is -16.1. The highest BCUT2D eigenvalue weighted by atomic mass is 19.3. The van der Waals surface area contributed by atoms with Gasteiger partial charge in [0.05, 0.1) is 108 Å². The summed E-state index contributed by atoms with van der Waals surface area (Å²) in [5, 5.41) is 11.2. The van der Waals surface area contributed by atoms with Crippen molar-refractivity contribution < 1.29 is 60.5 Å². The third-order valence-corrected chi connectivity index (χ3v) is 23.6. The number of aryl methyl sites for hydroxylation is 6. The lowest BCUT2D eigenvalue weighted by Crippen LogP contribution is -2.19. The Morgan fingerprint density at radius 2 is 0.741 bits per heavy atom. The minimum Gasteiger partial charge on any atom is -0.433 e. The lowest BCUT2D eigenvalue weighted by atomic mass is 9.99. The second-order valence-electron chi connectivity index (χ2n) is 33.1. The molecule has 20 rings (SSSR count). The summed E-state index contributed by atoms with van der Waals surface area (Å²) in [7, 11) is 0. The molecule has 0 spiro atoms. The predicted octanol–water partition coefficient (Wildman–Crippen LogP) is 24.2. The summed E-state index contributed by atoms with van der Waals surface area (Å²) in [5.74, 6) is -1.93. The Bertz CT molecular complexity index is 7760. The Labute approximate surface area is 778 Å². The average molecular weight is 1820 g/mol. The molecule has 13 heterocycles. The van der Waals surface area contributed by atoms with E-state index in [1.54, 1.807) is 89.9 Å². The summed E-state index contributed by atoms with van der Waals surface area (Å²) in [6, 6.07) is 50.1. The minimum atomic E-state index is -3.37. The van der Waals surface area contributed by atoms with E-state index in [0.717, 1.165) is 106 Å². The monoisotopic (exact) mass is 1810 g/mol. The van der Waals surface area contributed by atoms with E-state index in [1.165, 1.54) is 87.5 Å². The van der Waals surface area contributed by atoms with E-state index in [-0.39, 0.29) is 86.5 Å². The predicted molar refractivity (Wildman–Crippen MR) is 510 cm³/mol.